The maximum absolute atomic E-state index is 9.50. The monoisotopic (exact) mass is 287 g/mol. The summed E-state index contributed by atoms with van der Waals surface area (Å²) in [5.74, 6) is 0.125. The fourth-order valence-corrected chi connectivity index (χ4v) is 3.36. The molecule has 2 atom stereocenters. The molecule has 1 N–H and O–H groups in total. The van der Waals surface area contributed by atoms with Gasteiger partial charge in [0.1, 0.15) is 0 Å². The number of aliphatic hydroxyl groups is 1. The lowest BCUT2D eigenvalue weighted by Crippen LogP contribution is -2.32. The number of aliphatic hydroxyl groups excluding tert-OH is 1. The molecule has 0 aliphatic carbocycles. The normalized spacial score (nSPS) is 20.0. The standard InChI is InChI=1S/C14H19Cl2NO/c1-10(9-18)14(17-7-2-3-8-17)13-11(15)5-4-6-12(13)16/h4-6,10,14,18H,2-3,7-9H2,1H3. The molecule has 0 amide bonds. The van der Waals surface area contributed by atoms with Gasteiger partial charge >= 0.3 is 0 Å². The van der Waals surface area contributed by atoms with Gasteiger partial charge in [-0.15, -0.1) is 0 Å². The lowest BCUT2D eigenvalue weighted by atomic mass is 9.93. The highest BCUT2D eigenvalue weighted by atomic mass is 35.5. The van der Waals surface area contributed by atoms with Crippen molar-refractivity contribution in [1.29, 1.82) is 0 Å². The first-order chi connectivity index (χ1) is 8.65. The van der Waals surface area contributed by atoms with E-state index in [1.165, 1.54) is 12.8 Å². The van der Waals surface area contributed by atoms with Crippen LogP contribution in [0.2, 0.25) is 10.0 Å². The van der Waals surface area contributed by atoms with Gasteiger partial charge in [0, 0.05) is 28.3 Å². The summed E-state index contributed by atoms with van der Waals surface area (Å²) in [6.45, 7) is 4.29. The van der Waals surface area contributed by atoms with Gasteiger partial charge < -0.3 is 5.11 Å². The Hall–Kier alpha value is -0.280. The first-order valence-corrected chi connectivity index (χ1v) is 7.19. The van der Waals surface area contributed by atoms with E-state index < -0.39 is 0 Å². The molecule has 0 spiro atoms. The van der Waals surface area contributed by atoms with E-state index in [9.17, 15) is 5.11 Å². The van der Waals surface area contributed by atoms with E-state index in [4.69, 9.17) is 23.2 Å². The van der Waals surface area contributed by atoms with E-state index >= 15 is 0 Å². The van der Waals surface area contributed by atoms with Gasteiger partial charge in [0.05, 0.1) is 0 Å². The van der Waals surface area contributed by atoms with Crippen LogP contribution in [-0.4, -0.2) is 29.7 Å². The summed E-state index contributed by atoms with van der Waals surface area (Å²) in [5.41, 5.74) is 0.962. The number of halogens is 2. The fourth-order valence-electron chi connectivity index (χ4n) is 2.74. The highest BCUT2D eigenvalue weighted by Gasteiger charge is 2.30. The van der Waals surface area contributed by atoms with Crippen LogP contribution in [0.4, 0.5) is 0 Å². The predicted molar refractivity (Wildman–Crippen MR) is 76.3 cm³/mol. The summed E-state index contributed by atoms with van der Waals surface area (Å²) in [6, 6.07) is 5.71. The van der Waals surface area contributed by atoms with Crippen molar-refractivity contribution in [1.82, 2.24) is 4.90 Å². The third-order valence-electron chi connectivity index (χ3n) is 3.66. The Labute approximate surface area is 119 Å². The average Bonchev–Trinajstić information content (AvgIpc) is 2.86. The quantitative estimate of drug-likeness (QED) is 0.912. The second-order valence-corrected chi connectivity index (χ2v) is 5.80. The Morgan fingerprint density at radius 2 is 1.78 bits per heavy atom. The van der Waals surface area contributed by atoms with E-state index in [0.29, 0.717) is 10.0 Å². The van der Waals surface area contributed by atoms with E-state index in [2.05, 4.69) is 4.90 Å². The fraction of sp³-hybridized carbons (Fsp3) is 0.571. The molecule has 1 aliphatic rings. The van der Waals surface area contributed by atoms with Crippen LogP contribution in [0.1, 0.15) is 31.4 Å². The number of likely N-dealkylation sites (tertiary alicyclic amines) is 1. The van der Waals surface area contributed by atoms with Gasteiger partial charge in [-0.05, 0) is 44.0 Å². The first-order valence-electron chi connectivity index (χ1n) is 6.44. The van der Waals surface area contributed by atoms with Crippen LogP contribution in [0.15, 0.2) is 18.2 Å². The van der Waals surface area contributed by atoms with Crippen molar-refractivity contribution in [3.8, 4) is 0 Å². The molecule has 18 heavy (non-hydrogen) atoms. The van der Waals surface area contributed by atoms with Crippen LogP contribution >= 0.6 is 23.2 Å². The summed E-state index contributed by atoms with van der Waals surface area (Å²) < 4.78 is 0. The first kappa shape index (κ1) is 14.1. The zero-order chi connectivity index (χ0) is 13.1. The molecular weight excluding hydrogens is 269 g/mol. The molecule has 1 aliphatic heterocycles. The number of hydrogen-bond acceptors (Lipinski definition) is 2. The van der Waals surface area contributed by atoms with Crippen molar-refractivity contribution in [2.24, 2.45) is 5.92 Å². The zero-order valence-corrected chi connectivity index (χ0v) is 12.1. The van der Waals surface area contributed by atoms with Gasteiger partial charge in [-0.3, -0.25) is 4.90 Å². The average molecular weight is 288 g/mol. The molecule has 2 rings (SSSR count). The number of rotatable bonds is 4. The van der Waals surface area contributed by atoms with Crippen LogP contribution in [-0.2, 0) is 0 Å². The second kappa shape index (κ2) is 6.25. The van der Waals surface area contributed by atoms with Crippen molar-refractivity contribution in [2.75, 3.05) is 19.7 Å². The summed E-state index contributed by atoms with van der Waals surface area (Å²) in [5, 5.41) is 10.9. The Bertz CT molecular complexity index is 385. The van der Waals surface area contributed by atoms with Crippen LogP contribution in [0, 0.1) is 5.92 Å². The highest BCUT2D eigenvalue weighted by Crippen LogP contribution is 2.39. The van der Waals surface area contributed by atoms with Gasteiger partial charge in [-0.1, -0.05) is 36.2 Å². The number of benzene rings is 1. The third kappa shape index (κ3) is 2.83. The maximum Gasteiger partial charge on any atom is 0.0474 e. The minimum absolute atomic E-state index is 0.110. The summed E-state index contributed by atoms with van der Waals surface area (Å²) >= 11 is 12.6. The van der Waals surface area contributed by atoms with E-state index in [1.807, 2.05) is 25.1 Å². The molecule has 1 fully saturated rings. The summed E-state index contributed by atoms with van der Waals surface area (Å²) in [6.07, 6.45) is 2.41. The molecule has 1 aromatic carbocycles. The van der Waals surface area contributed by atoms with Crippen molar-refractivity contribution >= 4 is 23.2 Å². The van der Waals surface area contributed by atoms with E-state index in [-0.39, 0.29) is 18.6 Å². The molecule has 4 heteroatoms. The molecule has 0 radical (unpaired) electrons. The smallest absolute Gasteiger partial charge is 0.0474 e. The minimum Gasteiger partial charge on any atom is -0.396 e. The number of hydrogen-bond donors (Lipinski definition) is 1. The lowest BCUT2D eigenvalue weighted by Gasteiger charge is -2.33. The van der Waals surface area contributed by atoms with Gasteiger partial charge in [-0.2, -0.15) is 0 Å². The van der Waals surface area contributed by atoms with Crippen LogP contribution in [0.5, 0.6) is 0 Å². The highest BCUT2D eigenvalue weighted by molar-refractivity contribution is 6.36. The molecule has 1 saturated heterocycles. The predicted octanol–water partition coefficient (Wildman–Crippen LogP) is 3.76. The van der Waals surface area contributed by atoms with E-state index in [0.717, 1.165) is 18.7 Å². The third-order valence-corrected chi connectivity index (χ3v) is 4.32. The molecule has 1 aromatic rings. The minimum atomic E-state index is 0.110. The van der Waals surface area contributed by atoms with Crippen molar-refractivity contribution in [3.63, 3.8) is 0 Å². The molecule has 2 nitrogen and oxygen atoms in total. The Morgan fingerprint density at radius 1 is 1.22 bits per heavy atom. The molecule has 0 bridgehead atoms. The van der Waals surface area contributed by atoms with Crippen LogP contribution in [0.3, 0.4) is 0 Å². The van der Waals surface area contributed by atoms with Gasteiger partial charge in [0.15, 0.2) is 0 Å². The van der Waals surface area contributed by atoms with E-state index in [1.54, 1.807) is 0 Å². The summed E-state index contributed by atoms with van der Waals surface area (Å²) in [4.78, 5) is 2.38. The molecule has 0 saturated carbocycles. The molecular formula is C14H19Cl2NO. The van der Waals surface area contributed by atoms with Crippen LogP contribution < -0.4 is 0 Å². The van der Waals surface area contributed by atoms with Crippen molar-refractivity contribution in [3.05, 3.63) is 33.8 Å². The largest absolute Gasteiger partial charge is 0.396 e. The Kier molecular flexibility index (Phi) is 4.91. The Balaban J connectivity index is 2.38. The zero-order valence-electron chi connectivity index (χ0n) is 10.6. The van der Waals surface area contributed by atoms with Gasteiger partial charge in [0.25, 0.3) is 0 Å². The molecule has 0 aromatic heterocycles. The van der Waals surface area contributed by atoms with Crippen molar-refractivity contribution < 1.29 is 5.11 Å². The maximum atomic E-state index is 9.50. The van der Waals surface area contributed by atoms with Crippen molar-refractivity contribution in [2.45, 2.75) is 25.8 Å². The van der Waals surface area contributed by atoms with Gasteiger partial charge in [0.2, 0.25) is 0 Å². The van der Waals surface area contributed by atoms with Gasteiger partial charge in [-0.25, -0.2) is 0 Å². The molecule has 100 valence electrons. The lowest BCUT2D eigenvalue weighted by molar-refractivity contribution is 0.126. The molecule has 1 heterocycles. The summed E-state index contributed by atoms with van der Waals surface area (Å²) in [7, 11) is 0. The molecule has 2 unspecified atom stereocenters. The number of nitrogens with zero attached hydrogens (tertiary/aromatic N) is 1. The Morgan fingerprint density at radius 3 is 2.28 bits per heavy atom. The SMILES string of the molecule is CC(CO)C(c1c(Cl)cccc1Cl)N1CCCC1. The topological polar surface area (TPSA) is 23.5 Å². The second-order valence-electron chi connectivity index (χ2n) is 4.98. The van der Waals surface area contributed by atoms with Crippen LogP contribution in [0.25, 0.3) is 0 Å².